The number of aromatic hydroxyl groups is 2. The Kier molecular flexibility index (Phi) is 15.3. The molecule has 0 spiro atoms. The van der Waals surface area contributed by atoms with Crippen molar-refractivity contribution in [2.45, 2.75) is 125 Å². The van der Waals surface area contributed by atoms with Crippen LogP contribution in [0.1, 0.15) is 122 Å². The van der Waals surface area contributed by atoms with Gasteiger partial charge >= 0.3 is 0 Å². The second-order valence-corrected chi connectivity index (χ2v) is 21.0. The molecule has 0 radical (unpaired) electrons. The van der Waals surface area contributed by atoms with Gasteiger partial charge in [0.2, 0.25) is 5.78 Å². The van der Waals surface area contributed by atoms with Crippen molar-refractivity contribution in [2.24, 2.45) is 5.73 Å². The number of carbonyl (C=O) groups is 3. The van der Waals surface area contributed by atoms with Gasteiger partial charge in [0.1, 0.15) is 29.5 Å². The van der Waals surface area contributed by atoms with Gasteiger partial charge in [-0.3, -0.25) is 14.4 Å². The lowest BCUT2D eigenvalue weighted by Crippen LogP contribution is -2.53. The molecule has 16 nitrogen and oxygen atoms in total. The Balaban J connectivity index is 0.000000234. The first-order valence-corrected chi connectivity index (χ1v) is 23.7. The Bertz CT molecular complexity index is 2500. The summed E-state index contributed by atoms with van der Waals surface area (Å²) in [5.41, 5.74) is 3.27. The molecule has 18 heteroatoms. The quantitative estimate of drug-likeness (QED) is 0.0236. The zero-order valence-corrected chi connectivity index (χ0v) is 40.1. The molecule has 6 atom stereocenters. The highest BCUT2D eigenvalue weighted by atomic mass is 33.1. The van der Waals surface area contributed by atoms with Crippen LogP contribution in [-0.4, -0.2) is 120 Å². The number of methoxy groups -OCH3 is 1. The molecule has 67 heavy (non-hydrogen) atoms. The second-order valence-electron chi connectivity index (χ2n) is 18.7. The van der Waals surface area contributed by atoms with Gasteiger partial charge in [0, 0.05) is 104 Å². The van der Waals surface area contributed by atoms with Crippen molar-refractivity contribution in [3.8, 4) is 17.2 Å². The average molecular weight is 960 g/mol. The SMILES string of the molecule is CC(C)(C)/[N+]([O-])=C/c1ccc(SSc2ccc(/C=[N+](\[O-])C(C)(C)C)cc2)cc1.COc1cccc2c1C(=O)c1c(O)c3c(c(O)c1C2=O)C[C@@](O)(C(=O)CO)C[C@@H]3O[C@H]1C[C@H](N)[C@H](O)[C@H](C)O1. The highest BCUT2D eigenvalue weighted by Gasteiger charge is 2.50. The van der Waals surface area contributed by atoms with Crippen LogP contribution in [-0.2, 0) is 20.7 Å². The Hall–Kier alpha value is -5.31. The van der Waals surface area contributed by atoms with E-state index in [4.69, 9.17) is 19.9 Å². The van der Waals surface area contributed by atoms with E-state index in [0.717, 1.165) is 30.4 Å². The molecule has 2 aliphatic carbocycles. The summed E-state index contributed by atoms with van der Waals surface area (Å²) in [6, 6.07) is 19.5. The molecule has 1 aliphatic heterocycles. The van der Waals surface area contributed by atoms with E-state index in [1.165, 1.54) is 25.3 Å². The molecule has 4 aromatic carbocycles. The maximum absolute atomic E-state index is 13.6. The number of carbonyl (C=O) groups excluding carboxylic acids is 3. The Morgan fingerprint density at radius 3 is 1.87 bits per heavy atom. The van der Waals surface area contributed by atoms with Gasteiger partial charge in [0.05, 0.1) is 42.1 Å². The number of Topliss-reactive ketones (excluding diaryl/α,β-unsaturated/α-hetero) is 1. The van der Waals surface area contributed by atoms with Crippen molar-refractivity contribution in [1.82, 2.24) is 0 Å². The fourth-order valence-corrected chi connectivity index (χ4v) is 9.65. The Morgan fingerprint density at radius 1 is 0.866 bits per heavy atom. The van der Waals surface area contributed by atoms with Crippen molar-refractivity contribution < 1.29 is 63.6 Å². The fraction of sp³-hybridized carbons (Fsp3) is 0.408. The van der Waals surface area contributed by atoms with Gasteiger partial charge in [-0.25, -0.2) is 9.48 Å². The monoisotopic (exact) mass is 959 g/mol. The molecule has 1 heterocycles. The highest BCUT2D eigenvalue weighted by Crippen LogP contribution is 2.52. The molecular weight excluding hydrogens is 903 g/mol. The van der Waals surface area contributed by atoms with E-state index in [0.29, 0.717) is 0 Å². The number of hydrogen-bond donors (Lipinski definition) is 6. The predicted molar refractivity (Wildman–Crippen MR) is 253 cm³/mol. The van der Waals surface area contributed by atoms with E-state index in [2.05, 4.69) is 0 Å². The molecule has 0 bridgehead atoms. The number of nitrogens with two attached hydrogens (primary N) is 1. The number of nitrogens with zero attached hydrogens (tertiary/aromatic N) is 2. The summed E-state index contributed by atoms with van der Waals surface area (Å²) in [5.74, 6) is -3.77. The summed E-state index contributed by atoms with van der Waals surface area (Å²) in [6.45, 7) is 11.9. The smallest absolute Gasteiger partial charge is 0.202 e. The minimum atomic E-state index is -2.24. The molecule has 0 saturated carbocycles. The molecule has 0 amide bonds. The van der Waals surface area contributed by atoms with Gasteiger partial charge in [0.15, 0.2) is 41.4 Å². The van der Waals surface area contributed by atoms with E-state index in [9.17, 15) is 50.3 Å². The molecule has 3 aliphatic rings. The minimum Gasteiger partial charge on any atom is -0.623 e. The van der Waals surface area contributed by atoms with Crippen molar-refractivity contribution in [3.05, 3.63) is 122 Å². The predicted octanol–water partition coefficient (Wildman–Crippen LogP) is 5.94. The summed E-state index contributed by atoms with van der Waals surface area (Å²) >= 11 is 0. The number of fused-ring (bicyclic) bond motifs is 3. The molecule has 0 aromatic heterocycles. The minimum absolute atomic E-state index is 0.0173. The van der Waals surface area contributed by atoms with Gasteiger partial charge in [-0.05, 0) is 61.5 Å². The summed E-state index contributed by atoms with van der Waals surface area (Å²) in [6.07, 6.45) is -1.89. The van der Waals surface area contributed by atoms with E-state index in [1.54, 1.807) is 40.9 Å². The van der Waals surface area contributed by atoms with Gasteiger partial charge in [0.25, 0.3) is 0 Å². The lowest BCUT2D eigenvalue weighted by Gasteiger charge is -2.42. The van der Waals surface area contributed by atoms with Crippen LogP contribution >= 0.6 is 21.6 Å². The van der Waals surface area contributed by atoms with Crippen LogP contribution < -0.4 is 10.5 Å². The van der Waals surface area contributed by atoms with Gasteiger partial charge in [-0.2, -0.15) is 0 Å². The van der Waals surface area contributed by atoms with E-state index in [-0.39, 0.29) is 34.4 Å². The fourth-order valence-electron chi connectivity index (χ4n) is 7.72. The maximum Gasteiger partial charge on any atom is 0.202 e. The third-order valence-electron chi connectivity index (χ3n) is 11.7. The maximum atomic E-state index is 13.6. The third-order valence-corrected chi connectivity index (χ3v) is 14.1. The number of ketones is 3. The lowest BCUT2D eigenvalue weighted by molar-refractivity contribution is -0.530. The number of aliphatic hydroxyl groups is 3. The number of phenolic OH excluding ortho intramolecular Hbond substituents is 2. The molecule has 0 unspecified atom stereocenters. The van der Waals surface area contributed by atoms with Crippen LogP contribution in [0.5, 0.6) is 17.2 Å². The van der Waals surface area contributed by atoms with Crippen LogP contribution in [0.2, 0.25) is 0 Å². The zero-order chi connectivity index (χ0) is 49.3. The van der Waals surface area contributed by atoms with Gasteiger partial charge in [-0.1, -0.05) is 33.7 Å². The van der Waals surface area contributed by atoms with Crippen LogP contribution in [0.4, 0.5) is 0 Å². The van der Waals surface area contributed by atoms with E-state index in [1.807, 2.05) is 90.1 Å². The number of rotatable bonds is 10. The summed E-state index contributed by atoms with van der Waals surface area (Å²) in [5, 5.41) is 77.7. The van der Waals surface area contributed by atoms with Crippen molar-refractivity contribution >= 4 is 51.4 Å². The highest BCUT2D eigenvalue weighted by molar-refractivity contribution is 8.76. The Labute approximate surface area is 396 Å². The molecule has 7 rings (SSSR count). The first-order chi connectivity index (χ1) is 31.4. The van der Waals surface area contributed by atoms with Crippen LogP contribution in [0.25, 0.3) is 0 Å². The lowest BCUT2D eigenvalue weighted by atomic mass is 9.72. The summed E-state index contributed by atoms with van der Waals surface area (Å²) < 4.78 is 18.9. The van der Waals surface area contributed by atoms with Gasteiger partial charge in [-0.15, -0.1) is 0 Å². The number of benzene rings is 4. The first-order valence-electron chi connectivity index (χ1n) is 21.5. The standard InChI is InChI=1S/C27H29NO11.C22H28N2O2S2/c1-10-22(31)13(28)6-17(38-10)39-15-8-27(36,16(30)9-29)7-12-19(15)26(35)21-20(24(12)33)23(32)11-4-3-5-14(37-2)18(11)25(21)34;1-21(2,3)23(25)15-17-7-11-19(12-8-17)27-28-20-13-9-18(10-14-20)16-24(26)22(4,5)6/h3-5,10,13,15,17,22,29,31,33,35-36H,6-9,28H2,1-2H3;7-16H,1-6H3/b;23-15-,24-16-/t10-,13-,15-,17-,22+,27-;/m0./s1. The van der Waals surface area contributed by atoms with Crippen LogP contribution in [0.15, 0.2) is 76.5 Å². The number of phenols is 2. The van der Waals surface area contributed by atoms with E-state index < -0.39 is 107 Å². The molecule has 4 aromatic rings. The summed E-state index contributed by atoms with van der Waals surface area (Å²) in [7, 11) is 4.64. The first kappa shape index (κ1) is 51.1. The number of ether oxygens (including phenoxy) is 3. The number of aliphatic hydroxyl groups excluding tert-OH is 2. The molecule has 1 saturated heterocycles. The summed E-state index contributed by atoms with van der Waals surface area (Å²) in [4.78, 5) is 42.0. The largest absolute Gasteiger partial charge is 0.623 e. The molecule has 1 fully saturated rings. The normalized spacial score (nSPS) is 23.1. The molecule has 7 N–H and O–H groups in total. The Morgan fingerprint density at radius 2 is 1.39 bits per heavy atom. The number of hydroxylamine groups is 2. The van der Waals surface area contributed by atoms with Crippen molar-refractivity contribution in [1.29, 1.82) is 0 Å². The average Bonchev–Trinajstić information content (AvgIpc) is 3.27. The second kappa shape index (κ2) is 20.1. The topological polar surface area (TPSA) is 258 Å². The van der Waals surface area contributed by atoms with Crippen molar-refractivity contribution in [2.75, 3.05) is 13.7 Å². The van der Waals surface area contributed by atoms with Crippen molar-refractivity contribution in [3.63, 3.8) is 0 Å². The molecule has 358 valence electrons. The molecular formula is C49H57N3O13S2. The third kappa shape index (κ3) is 11.0. The zero-order valence-electron chi connectivity index (χ0n) is 38.5. The van der Waals surface area contributed by atoms with E-state index >= 15 is 0 Å². The van der Waals surface area contributed by atoms with Crippen LogP contribution in [0.3, 0.4) is 0 Å². The number of hydrogen-bond acceptors (Lipinski definition) is 16. The van der Waals surface area contributed by atoms with Crippen LogP contribution in [0, 0.1) is 10.4 Å². The van der Waals surface area contributed by atoms with Gasteiger partial charge < -0.3 is 55.9 Å².